The summed E-state index contributed by atoms with van der Waals surface area (Å²) in [5.74, 6) is 0.357. The summed E-state index contributed by atoms with van der Waals surface area (Å²) in [5.41, 5.74) is 6.71. The van der Waals surface area contributed by atoms with Gasteiger partial charge in [-0.2, -0.15) is 0 Å². The fraction of sp³-hybridized carbons (Fsp3) is 0.571. The lowest BCUT2D eigenvalue weighted by Crippen LogP contribution is -2.37. The van der Waals surface area contributed by atoms with E-state index in [2.05, 4.69) is 28.8 Å². The molecule has 1 atom stereocenters. The highest BCUT2D eigenvalue weighted by atomic mass is 32.2. The fourth-order valence-corrected chi connectivity index (χ4v) is 2.93. The number of hydrogen-bond donors (Lipinski definition) is 3. The fourth-order valence-electron chi connectivity index (χ4n) is 2.01. The van der Waals surface area contributed by atoms with E-state index in [1.54, 1.807) is 12.1 Å². The molecule has 1 rings (SSSR count). The van der Waals surface area contributed by atoms with Crippen LogP contribution in [0.15, 0.2) is 23.1 Å². The van der Waals surface area contributed by atoms with Crippen molar-refractivity contribution < 1.29 is 8.42 Å². The van der Waals surface area contributed by atoms with Gasteiger partial charge in [-0.15, -0.1) is 0 Å². The van der Waals surface area contributed by atoms with Gasteiger partial charge in [-0.3, -0.25) is 0 Å². The van der Waals surface area contributed by atoms with E-state index >= 15 is 0 Å². The topological polar surface area (TPSA) is 87.5 Å². The highest BCUT2D eigenvalue weighted by molar-refractivity contribution is 7.89. The van der Waals surface area contributed by atoms with Crippen molar-refractivity contribution in [1.82, 2.24) is 9.62 Å². The molecule has 21 heavy (non-hydrogen) atoms. The molecule has 0 aliphatic rings. The number of nitrogens with one attached hydrogen (secondary N) is 2. The molecule has 0 amide bonds. The molecule has 120 valence electrons. The van der Waals surface area contributed by atoms with Crippen molar-refractivity contribution in [2.45, 2.75) is 24.8 Å². The van der Waals surface area contributed by atoms with Gasteiger partial charge in [0.2, 0.25) is 10.0 Å². The second-order valence-electron chi connectivity index (χ2n) is 5.72. The van der Waals surface area contributed by atoms with E-state index in [1.807, 2.05) is 14.1 Å². The normalized spacial score (nSPS) is 13.7. The van der Waals surface area contributed by atoms with Crippen LogP contribution in [0.4, 0.5) is 11.4 Å². The molecule has 0 radical (unpaired) electrons. The summed E-state index contributed by atoms with van der Waals surface area (Å²) >= 11 is 0. The van der Waals surface area contributed by atoms with Crippen LogP contribution >= 0.6 is 0 Å². The molecule has 0 aliphatic heterocycles. The van der Waals surface area contributed by atoms with Crippen LogP contribution < -0.4 is 15.8 Å². The van der Waals surface area contributed by atoms with Gasteiger partial charge in [0.25, 0.3) is 0 Å². The number of benzene rings is 1. The predicted molar refractivity (Wildman–Crippen MR) is 87.9 cm³/mol. The van der Waals surface area contributed by atoms with E-state index in [9.17, 15) is 8.42 Å². The number of anilines is 2. The number of hydrogen-bond acceptors (Lipinski definition) is 5. The molecule has 1 aromatic carbocycles. The lowest BCUT2D eigenvalue weighted by atomic mass is 10.0. The van der Waals surface area contributed by atoms with E-state index in [-0.39, 0.29) is 10.9 Å². The van der Waals surface area contributed by atoms with E-state index in [1.165, 1.54) is 13.1 Å². The minimum absolute atomic E-state index is 0.134. The van der Waals surface area contributed by atoms with Crippen molar-refractivity contribution in [3.8, 4) is 0 Å². The summed E-state index contributed by atoms with van der Waals surface area (Å²) < 4.78 is 26.6. The molecule has 1 aromatic rings. The van der Waals surface area contributed by atoms with Crippen LogP contribution in [-0.4, -0.2) is 47.0 Å². The zero-order valence-corrected chi connectivity index (χ0v) is 14.2. The molecule has 0 aromatic heterocycles. The van der Waals surface area contributed by atoms with Crippen molar-refractivity contribution in [2.24, 2.45) is 5.92 Å². The van der Waals surface area contributed by atoms with Gasteiger partial charge in [0.05, 0.1) is 5.69 Å². The standard InChI is InChI=1S/C14H26N4O2S/c1-10(2)13(9-18(4)5)17-12-7-6-11(15)8-14(12)21(19,20)16-3/h6-8,10,13,16-17H,9,15H2,1-5H3. The summed E-state index contributed by atoms with van der Waals surface area (Å²) in [6, 6.07) is 5.02. The van der Waals surface area contributed by atoms with Crippen LogP contribution in [0, 0.1) is 5.92 Å². The van der Waals surface area contributed by atoms with Gasteiger partial charge >= 0.3 is 0 Å². The highest BCUT2D eigenvalue weighted by Crippen LogP contribution is 2.25. The summed E-state index contributed by atoms with van der Waals surface area (Å²) in [6.45, 7) is 5.01. The number of likely N-dealkylation sites (N-methyl/N-ethyl adjacent to an activating group) is 1. The summed E-state index contributed by atoms with van der Waals surface area (Å²) in [7, 11) is 1.82. The van der Waals surface area contributed by atoms with Crippen LogP contribution in [0.25, 0.3) is 0 Å². The molecule has 0 aliphatic carbocycles. The molecule has 0 saturated heterocycles. The number of rotatable bonds is 7. The zero-order valence-electron chi connectivity index (χ0n) is 13.3. The Morgan fingerprint density at radius 1 is 1.29 bits per heavy atom. The number of sulfonamides is 1. The Morgan fingerprint density at radius 2 is 1.90 bits per heavy atom. The first-order valence-corrected chi connectivity index (χ1v) is 8.40. The third-order valence-corrected chi connectivity index (χ3v) is 4.73. The van der Waals surface area contributed by atoms with Crippen LogP contribution in [0.2, 0.25) is 0 Å². The second kappa shape index (κ2) is 7.11. The lowest BCUT2D eigenvalue weighted by Gasteiger charge is -2.27. The largest absolute Gasteiger partial charge is 0.399 e. The van der Waals surface area contributed by atoms with E-state index in [0.717, 1.165) is 6.54 Å². The molecule has 0 saturated carbocycles. The monoisotopic (exact) mass is 314 g/mol. The van der Waals surface area contributed by atoms with Crippen molar-refractivity contribution in [3.05, 3.63) is 18.2 Å². The second-order valence-corrected chi connectivity index (χ2v) is 7.58. The molecular formula is C14H26N4O2S. The Morgan fingerprint density at radius 3 is 2.38 bits per heavy atom. The van der Waals surface area contributed by atoms with Gasteiger partial charge in [0, 0.05) is 18.3 Å². The maximum Gasteiger partial charge on any atom is 0.242 e. The molecule has 4 N–H and O–H groups in total. The molecule has 6 nitrogen and oxygen atoms in total. The quantitative estimate of drug-likeness (QED) is 0.658. The van der Waals surface area contributed by atoms with Crippen molar-refractivity contribution >= 4 is 21.4 Å². The molecule has 0 bridgehead atoms. The average Bonchev–Trinajstić information content (AvgIpc) is 2.39. The SMILES string of the molecule is CNS(=O)(=O)c1cc(N)ccc1NC(CN(C)C)C(C)C. The van der Waals surface area contributed by atoms with Crippen molar-refractivity contribution in [1.29, 1.82) is 0 Å². The first-order valence-electron chi connectivity index (χ1n) is 6.91. The zero-order chi connectivity index (χ0) is 16.2. The lowest BCUT2D eigenvalue weighted by molar-refractivity contribution is 0.344. The van der Waals surface area contributed by atoms with E-state index in [4.69, 9.17) is 5.73 Å². The van der Waals surface area contributed by atoms with Gasteiger partial charge in [-0.1, -0.05) is 13.8 Å². The maximum atomic E-state index is 12.1. The van der Waals surface area contributed by atoms with Crippen molar-refractivity contribution in [2.75, 3.05) is 38.7 Å². The van der Waals surface area contributed by atoms with Gasteiger partial charge in [-0.05, 0) is 45.3 Å². The molecular weight excluding hydrogens is 288 g/mol. The molecule has 0 heterocycles. The minimum Gasteiger partial charge on any atom is -0.399 e. The van der Waals surface area contributed by atoms with Gasteiger partial charge in [-0.25, -0.2) is 13.1 Å². The Hall–Kier alpha value is -1.31. The first kappa shape index (κ1) is 17.7. The third-order valence-electron chi connectivity index (χ3n) is 3.27. The Bertz CT molecular complexity index is 570. The van der Waals surface area contributed by atoms with E-state index in [0.29, 0.717) is 17.3 Å². The van der Waals surface area contributed by atoms with E-state index < -0.39 is 10.0 Å². The summed E-state index contributed by atoms with van der Waals surface area (Å²) in [6.07, 6.45) is 0. The Kier molecular flexibility index (Phi) is 6.00. The highest BCUT2D eigenvalue weighted by Gasteiger charge is 2.21. The maximum absolute atomic E-state index is 12.1. The smallest absolute Gasteiger partial charge is 0.242 e. The number of nitrogen functional groups attached to an aromatic ring is 1. The first-order chi connectivity index (χ1) is 9.67. The van der Waals surface area contributed by atoms with Gasteiger partial charge < -0.3 is 16.0 Å². The van der Waals surface area contributed by atoms with Crippen LogP contribution in [0.3, 0.4) is 0 Å². The minimum atomic E-state index is -3.56. The molecule has 0 fully saturated rings. The Balaban J connectivity index is 3.18. The molecule has 1 unspecified atom stereocenters. The molecule has 7 heteroatoms. The van der Waals surface area contributed by atoms with Crippen LogP contribution in [0.1, 0.15) is 13.8 Å². The van der Waals surface area contributed by atoms with Crippen LogP contribution in [-0.2, 0) is 10.0 Å². The van der Waals surface area contributed by atoms with Crippen LogP contribution in [0.5, 0.6) is 0 Å². The Labute approximate surface area is 127 Å². The molecule has 0 spiro atoms. The summed E-state index contributed by atoms with van der Waals surface area (Å²) in [4.78, 5) is 2.25. The number of nitrogens with two attached hydrogens (primary N) is 1. The predicted octanol–water partition coefficient (Wildman–Crippen LogP) is 1.18. The van der Waals surface area contributed by atoms with Crippen molar-refractivity contribution in [3.63, 3.8) is 0 Å². The summed E-state index contributed by atoms with van der Waals surface area (Å²) in [5, 5.41) is 3.33. The number of nitrogens with zero attached hydrogens (tertiary/aromatic N) is 1. The average molecular weight is 314 g/mol. The van der Waals surface area contributed by atoms with Gasteiger partial charge in [0.15, 0.2) is 0 Å². The third kappa shape index (κ3) is 4.87. The van der Waals surface area contributed by atoms with Gasteiger partial charge in [0.1, 0.15) is 4.90 Å².